The first-order valence-electron chi connectivity index (χ1n) is 15.1. The Morgan fingerprint density at radius 3 is 2.18 bits per heavy atom. The zero-order valence-electron chi connectivity index (χ0n) is 23.3. The average molecular weight is 507 g/mol. The van der Waals surface area contributed by atoms with Crippen molar-refractivity contribution >= 4 is 11.4 Å². The zero-order valence-corrected chi connectivity index (χ0v) is 23.3. The van der Waals surface area contributed by atoms with Gasteiger partial charge in [0.05, 0.1) is 6.10 Å². The van der Waals surface area contributed by atoms with Crippen LogP contribution in [0.2, 0.25) is 0 Å². The van der Waals surface area contributed by atoms with Crippen molar-refractivity contribution in [1.82, 2.24) is 0 Å². The molecule has 0 amide bonds. The standard InChI is InChI=1S/C36H42O2/c1-24(14-16-29(25-10-6-4-7-11-25)26-12-8-5-9-13-26)30-18-19-31-32-17-15-27-22-28-20-21-35(27,3)36(32,38-28)33(37)23-34(30,31)2/h4-14,16,27-28,30-32H,15,17-23H2,1-3H3/b24-14+/t27-,28+,30-,31+,32+,34-,35+,36+/m1/s1. The summed E-state index contributed by atoms with van der Waals surface area (Å²) in [4.78, 5) is 14.4. The highest BCUT2D eigenvalue weighted by Gasteiger charge is 2.74. The van der Waals surface area contributed by atoms with Crippen LogP contribution in [0, 0.1) is 34.5 Å². The Labute approximate surface area is 228 Å². The smallest absolute Gasteiger partial charge is 0.166 e. The van der Waals surface area contributed by atoms with Gasteiger partial charge in [0.2, 0.25) is 0 Å². The molecule has 0 radical (unpaired) electrons. The highest BCUT2D eigenvalue weighted by atomic mass is 16.5. The maximum Gasteiger partial charge on any atom is 0.166 e. The van der Waals surface area contributed by atoms with E-state index in [1.807, 2.05) is 0 Å². The van der Waals surface area contributed by atoms with Crippen LogP contribution in [0.25, 0.3) is 5.57 Å². The lowest BCUT2D eigenvalue weighted by atomic mass is 9.40. The van der Waals surface area contributed by atoms with Gasteiger partial charge in [0.1, 0.15) is 5.60 Å². The molecule has 4 saturated carbocycles. The number of benzene rings is 2. The lowest BCUT2D eigenvalue weighted by molar-refractivity contribution is -0.307. The van der Waals surface area contributed by atoms with E-state index in [1.54, 1.807) is 0 Å². The largest absolute Gasteiger partial charge is 0.363 e. The molecular weight excluding hydrogens is 464 g/mol. The number of allylic oxidation sites excluding steroid dienone is 3. The molecule has 8 atom stereocenters. The molecule has 2 aromatic carbocycles. The van der Waals surface area contributed by atoms with Crippen molar-refractivity contribution in [2.24, 2.45) is 34.5 Å². The van der Waals surface area contributed by atoms with E-state index in [0.29, 0.717) is 42.0 Å². The fraction of sp³-hybridized carbons (Fsp3) is 0.528. The molecule has 1 spiro atoms. The van der Waals surface area contributed by atoms with Crippen molar-refractivity contribution in [3.63, 3.8) is 0 Å². The highest BCUT2D eigenvalue weighted by Crippen LogP contribution is 2.72. The Balaban J connectivity index is 1.23. The summed E-state index contributed by atoms with van der Waals surface area (Å²) in [5, 5.41) is 0. The topological polar surface area (TPSA) is 26.3 Å². The normalized spacial score (nSPS) is 41.4. The van der Waals surface area contributed by atoms with Crippen molar-refractivity contribution in [3.05, 3.63) is 89.5 Å². The second-order valence-corrected chi connectivity index (χ2v) is 13.6. The number of carbonyl (C=O) groups is 1. The molecule has 4 aliphatic carbocycles. The van der Waals surface area contributed by atoms with Crippen molar-refractivity contribution < 1.29 is 9.53 Å². The first-order chi connectivity index (χ1) is 18.4. The predicted molar refractivity (Wildman–Crippen MR) is 153 cm³/mol. The highest BCUT2D eigenvalue weighted by molar-refractivity contribution is 5.91. The minimum Gasteiger partial charge on any atom is -0.363 e. The Hall–Kier alpha value is -2.45. The molecule has 6 aliphatic rings. The van der Waals surface area contributed by atoms with E-state index < -0.39 is 5.60 Å². The minimum absolute atomic E-state index is 0.0321. The summed E-state index contributed by atoms with van der Waals surface area (Å²) in [7, 11) is 0. The fourth-order valence-electron chi connectivity index (χ4n) is 10.3. The molecule has 4 bridgehead atoms. The predicted octanol–water partition coefficient (Wildman–Crippen LogP) is 8.42. The van der Waals surface area contributed by atoms with Crippen LogP contribution in [0.1, 0.15) is 83.3 Å². The van der Waals surface area contributed by atoms with E-state index in [2.05, 4.69) is 93.6 Å². The van der Waals surface area contributed by atoms with Crippen molar-refractivity contribution in [1.29, 1.82) is 0 Å². The first kappa shape index (κ1) is 24.6. The quantitative estimate of drug-likeness (QED) is 0.389. The van der Waals surface area contributed by atoms with Crippen molar-refractivity contribution in [3.8, 4) is 0 Å². The Morgan fingerprint density at radius 2 is 1.50 bits per heavy atom. The van der Waals surface area contributed by atoms with Crippen LogP contribution in [-0.2, 0) is 9.53 Å². The van der Waals surface area contributed by atoms with Crippen LogP contribution in [0.4, 0.5) is 0 Å². The van der Waals surface area contributed by atoms with Gasteiger partial charge in [0.15, 0.2) is 5.78 Å². The van der Waals surface area contributed by atoms with Crippen LogP contribution < -0.4 is 0 Å². The summed E-state index contributed by atoms with van der Waals surface area (Å²) in [6.45, 7) is 7.19. The van der Waals surface area contributed by atoms with E-state index in [4.69, 9.17) is 4.74 Å². The molecule has 2 aliphatic heterocycles. The monoisotopic (exact) mass is 506 g/mol. The summed E-state index contributed by atoms with van der Waals surface area (Å²) in [6.07, 6.45) is 14.1. The summed E-state index contributed by atoms with van der Waals surface area (Å²) in [5.74, 6) is 2.55. The lowest BCUT2D eigenvalue weighted by Gasteiger charge is -2.70. The molecule has 6 fully saturated rings. The number of hydrogen-bond acceptors (Lipinski definition) is 2. The van der Waals surface area contributed by atoms with Gasteiger partial charge in [-0.3, -0.25) is 4.79 Å². The Kier molecular flexibility index (Phi) is 5.68. The van der Waals surface area contributed by atoms with Gasteiger partial charge in [0, 0.05) is 11.8 Å². The SMILES string of the molecule is C/C(=C\C=C(c1ccccc1)c1ccccc1)[C@H]1CC[C@H]2[C@@H]3CC[C@@H]4C[C@@H]5CC[C@]4(C)[C@@]3(O5)C(=O)C[C@]12C. The van der Waals surface area contributed by atoms with Crippen LogP contribution in [0.15, 0.2) is 78.4 Å². The van der Waals surface area contributed by atoms with Crippen molar-refractivity contribution in [2.75, 3.05) is 0 Å². The van der Waals surface area contributed by atoms with E-state index in [9.17, 15) is 4.79 Å². The summed E-state index contributed by atoms with van der Waals surface area (Å²) >= 11 is 0. The number of rotatable bonds is 4. The van der Waals surface area contributed by atoms with Gasteiger partial charge < -0.3 is 4.74 Å². The molecule has 2 heterocycles. The number of fused-ring (bicyclic) bond motifs is 3. The van der Waals surface area contributed by atoms with E-state index in [0.717, 1.165) is 6.42 Å². The van der Waals surface area contributed by atoms with Crippen LogP contribution in [-0.4, -0.2) is 17.5 Å². The van der Waals surface area contributed by atoms with Crippen LogP contribution in [0.5, 0.6) is 0 Å². The first-order valence-corrected chi connectivity index (χ1v) is 15.1. The molecule has 0 N–H and O–H groups in total. The molecule has 0 aromatic heterocycles. The molecule has 2 heteroatoms. The van der Waals surface area contributed by atoms with Crippen LogP contribution >= 0.6 is 0 Å². The molecule has 198 valence electrons. The third-order valence-electron chi connectivity index (χ3n) is 12.1. The number of ketones is 1. The third-order valence-corrected chi connectivity index (χ3v) is 12.1. The van der Waals surface area contributed by atoms with Gasteiger partial charge in [-0.05, 0) is 97.7 Å². The van der Waals surface area contributed by atoms with Crippen LogP contribution in [0.3, 0.4) is 0 Å². The van der Waals surface area contributed by atoms with E-state index in [-0.39, 0.29) is 10.8 Å². The van der Waals surface area contributed by atoms with Gasteiger partial charge in [-0.1, -0.05) is 92.2 Å². The van der Waals surface area contributed by atoms with Crippen molar-refractivity contribution in [2.45, 2.75) is 83.8 Å². The van der Waals surface area contributed by atoms with Gasteiger partial charge in [-0.2, -0.15) is 0 Å². The number of carbonyl (C=O) groups excluding carboxylic acids is 1. The molecule has 2 saturated heterocycles. The van der Waals surface area contributed by atoms with E-state index in [1.165, 1.54) is 60.8 Å². The van der Waals surface area contributed by atoms with E-state index >= 15 is 0 Å². The molecule has 0 unspecified atom stereocenters. The van der Waals surface area contributed by atoms with Gasteiger partial charge in [-0.15, -0.1) is 0 Å². The van der Waals surface area contributed by atoms with Gasteiger partial charge in [0.25, 0.3) is 0 Å². The summed E-state index contributed by atoms with van der Waals surface area (Å²) in [6, 6.07) is 21.4. The maximum absolute atomic E-state index is 14.4. The number of ether oxygens (including phenoxy) is 1. The molecular formula is C36H42O2. The summed E-state index contributed by atoms with van der Waals surface area (Å²) in [5.41, 5.74) is 4.74. The minimum atomic E-state index is -0.499. The maximum atomic E-state index is 14.4. The third kappa shape index (κ3) is 3.32. The number of hydrogen-bond donors (Lipinski definition) is 0. The Bertz CT molecular complexity index is 1250. The summed E-state index contributed by atoms with van der Waals surface area (Å²) < 4.78 is 6.92. The zero-order chi connectivity index (χ0) is 26.1. The van der Waals surface area contributed by atoms with Gasteiger partial charge >= 0.3 is 0 Å². The number of Topliss-reactive ketones (excluding diaryl/α,β-unsaturated/α-hetero) is 1. The molecule has 38 heavy (non-hydrogen) atoms. The molecule has 8 rings (SSSR count). The molecule has 2 aromatic rings. The molecule has 2 nitrogen and oxygen atoms in total. The Morgan fingerprint density at radius 1 is 0.842 bits per heavy atom. The van der Waals surface area contributed by atoms with Gasteiger partial charge in [-0.25, -0.2) is 0 Å². The lowest BCUT2D eigenvalue weighted by Crippen LogP contribution is -2.75. The fourth-order valence-corrected chi connectivity index (χ4v) is 10.3. The average Bonchev–Trinajstić information content (AvgIpc) is 3.26. The second kappa shape index (κ2) is 8.78. The second-order valence-electron chi connectivity index (χ2n) is 13.6.